The molecule has 1 aliphatic carbocycles. The van der Waals surface area contributed by atoms with Gasteiger partial charge in [-0.05, 0) is 63.1 Å². The number of H-pyrrole nitrogens is 1. The molecule has 0 unspecified atom stereocenters. The van der Waals surface area contributed by atoms with Crippen molar-refractivity contribution in [2.24, 2.45) is 0 Å². The summed E-state index contributed by atoms with van der Waals surface area (Å²) in [6.45, 7) is 1.38. The van der Waals surface area contributed by atoms with E-state index in [1.54, 1.807) is 6.07 Å². The summed E-state index contributed by atoms with van der Waals surface area (Å²) in [7, 11) is 0. The van der Waals surface area contributed by atoms with Gasteiger partial charge in [0.15, 0.2) is 0 Å². The van der Waals surface area contributed by atoms with E-state index in [4.69, 9.17) is 4.74 Å². The van der Waals surface area contributed by atoms with Crippen LogP contribution in [-0.2, 0) is 6.42 Å². The first-order valence-corrected chi connectivity index (χ1v) is 14.5. The van der Waals surface area contributed by atoms with Gasteiger partial charge in [-0.1, -0.05) is 24.3 Å². The molecular weight excluding hydrogens is 520 g/mol. The molecule has 3 aromatic rings. The van der Waals surface area contributed by atoms with Gasteiger partial charge in [0, 0.05) is 72.2 Å². The lowest BCUT2D eigenvalue weighted by Gasteiger charge is -2.46. The zero-order chi connectivity index (χ0) is 27.9. The van der Waals surface area contributed by atoms with Crippen LogP contribution >= 0.6 is 0 Å². The minimum atomic E-state index is -2.99. The fraction of sp³-hybridized carbons (Fsp3) is 0.548. The summed E-state index contributed by atoms with van der Waals surface area (Å²) in [5.41, 5.74) is 3.08. The number of benzene rings is 2. The zero-order valence-corrected chi connectivity index (χ0v) is 22.9. The molecule has 0 amide bonds. The zero-order valence-electron chi connectivity index (χ0n) is 22.9. The van der Waals surface area contributed by atoms with Crippen molar-refractivity contribution in [1.29, 1.82) is 0 Å². The Bertz CT molecular complexity index is 1330. The fourth-order valence-electron chi connectivity index (χ4n) is 6.85. The molecule has 2 N–H and O–H groups in total. The van der Waals surface area contributed by atoms with Gasteiger partial charge < -0.3 is 19.9 Å². The number of alkyl halides is 4. The van der Waals surface area contributed by atoms with Gasteiger partial charge in [-0.3, -0.25) is 9.29 Å². The van der Waals surface area contributed by atoms with Gasteiger partial charge in [0.1, 0.15) is 11.4 Å². The standard InChI is InChI=1S/C31H38F4N4O/c1-20-16-25-23-6-2-3-7-26(23)37-28(25)29(39(20)19-31(35)11-4-12-31)24-9-8-21(17-27(24)40-30(33)34)36-22-10-15-38(18-22)14-5-13-32/h2-3,6-9,17,20,22,29-30,36-37H,4-5,10-16,18-19H2,1H3/t20-,22+,29-/m1/s1. The summed E-state index contributed by atoms with van der Waals surface area (Å²) >= 11 is 0. The minimum Gasteiger partial charge on any atom is -0.434 e. The van der Waals surface area contributed by atoms with Crippen LogP contribution in [0.15, 0.2) is 42.5 Å². The van der Waals surface area contributed by atoms with E-state index in [0.29, 0.717) is 37.1 Å². The topological polar surface area (TPSA) is 43.5 Å². The number of anilines is 1. The van der Waals surface area contributed by atoms with E-state index in [1.807, 2.05) is 30.3 Å². The van der Waals surface area contributed by atoms with Crippen molar-refractivity contribution in [3.8, 4) is 5.75 Å². The maximum Gasteiger partial charge on any atom is 0.387 e. The Hall–Kier alpha value is -2.78. The molecule has 3 atom stereocenters. The summed E-state index contributed by atoms with van der Waals surface area (Å²) in [6.07, 6.45) is 4.07. The first-order chi connectivity index (χ1) is 19.3. The first kappa shape index (κ1) is 27.4. The fourth-order valence-corrected chi connectivity index (χ4v) is 6.85. The van der Waals surface area contributed by atoms with E-state index in [9.17, 15) is 13.2 Å². The SMILES string of the molecule is C[C@@H]1Cc2c([nH]c3ccccc23)[C@@H](c2ccc(N[C@H]3CCN(CCCF)C3)cc2OC(F)F)N1CC1(F)CCC1. The van der Waals surface area contributed by atoms with E-state index < -0.39 is 18.3 Å². The Morgan fingerprint density at radius 1 is 1.18 bits per heavy atom. The Morgan fingerprint density at radius 3 is 2.75 bits per heavy atom. The van der Waals surface area contributed by atoms with Gasteiger partial charge in [-0.2, -0.15) is 8.78 Å². The highest BCUT2D eigenvalue weighted by Gasteiger charge is 2.45. The molecule has 6 rings (SSSR count). The van der Waals surface area contributed by atoms with Crippen LogP contribution in [0.4, 0.5) is 23.2 Å². The highest BCUT2D eigenvalue weighted by Crippen LogP contribution is 2.47. The number of aromatic amines is 1. The van der Waals surface area contributed by atoms with Crippen molar-refractivity contribution in [3.05, 3.63) is 59.3 Å². The number of nitrogens with zero attached hydrogens (tertiary/aromatic N) is 2. The van der Waals surface area contributed by atoms with Crippen molar-refractivity contribution in [2.45, 2.75) is 75.9 Å². The van der Waals surface area contributed by atoms with Crippen molar-refractivity contribution in [3.63, 3.8) is 0 Å². The van der Waals surface area contributed by atoms with Gasteiger partial charge in [0.2, 0.25) is 0 Å². The highest BCUT2D eigenvalue weighted by atomic mass is 19.3. The predicted octanol–water partition coefficient (Wildman–Crippen LogP) is 6.84. The molecule has 3 aliphatic rings. The molecular formula is C31H38F4N4O. The second-order valence-corrected chi connectivity index (χ2v) is 11.8. The Balaban J connectivity index is 1.37. The second-order valence-electron chi connectivity index (χ2n) is 11.8. The largest absolute Gasteiger partial charge is 0.434 e. The number of halogens is 4. The summed E-state index contributed by atoms with van der Waals surface area (Å²) in [6, 6.07) is 13.2. The molecule has 216 valence electrons. The Labute approximate surface area is 232 Å². The monoisotopic (exact) mass is 558 g/mol. The third-order valence-electron chi connectivity index (χ3n) is 9.01. The molecule has 0 bridgehead atoms. The van der Waals surface area contributed by atoms with E-state index >= 15 is 4.39 Å². The molecule has 2 aliphatic heterocycles. The second kappa shape index (κ2) is 11.2. The van der Waals surface area contributed by atoms with E-state index in [-0.39, 0.29) is 31.1 Å². The normalized spacial score (nSPS) is 24.8. The molecule has 0 radical (unpaired) electrons. The number of aromatic nitrogens is 1. The average Bonchev–Trinajstić information content (AvgIpc) is 3.51. The van der Waals surface area contributed by atoms with Crippen molar-refractivity contribution in [2.75, 3.05) is 38.2 Å². The third kappa shape index (κ3) is 5.42. The molecule has 9 heteroatoms. The van der Waals surface area contributed by atoms with Crippen LogP contribution in [0.25, 0.3) is 10.9 Å². The maximum absolute atomic E-state index is 15.6. The molecule has 1 aromatic heterocycles. The number of hydrogen-bond donors (Lipinski definition) is 2. The number of para-hydroxylation sites is 1. The summed E-state index contributed by atoms with van der Waals surface area (Å²) in [4.78, 5) is 7.91. The van der Waals surface area contributed by atoms with Crippen molar-refractivity contribution >= 4 is 16.6 Å². The Morgan fingerprint density at radius 2 is 2.00 bits per heavy atom. The summed E-state index contributed by atoms with van der Waals surface area (Å²) in [5.74, 6) is 0.0995. The maximum atomic E-state index is 15.6. The average molecular weight is 559 g/mol. The summed E-state index contributed by atoms with van der Waals surface area (Å²) in [5, 5.41) is 4.58. The summed E-state index contributed by atoms with van der Waals surface area (Å²) < 4.78 is 60.9. The van der Waals surface area contributed by atoms with Gasteiger partial charge in [-0.15, -0.1) is 0 Å². The van der Waals surface area contributed by atoms with E-state index in [0.717, 1.165) is 54.5 Å². The smallest absolute Gasteiger partial charge is 0.387 e. The molecule has 5 nitrogen and oxygen atoms in total. The van der Waals surface area contributed by atoms with Crippen LogP contribution in [0.3, 0.4) is 0 Å². The van der Waals surface area contributed by atoms with Crippen LogP contribution in [0.5, 0.6) is 5.75 Å². The Kier molecular flexibility index (Phi) is 7.70. The van der Waals surface area contributed by atoms with Crippen LogP contribution < -0.4 is 10.1 Å². The number of ether oxygens (including phenoxy) is 1. The lowest BCUT2D eigenvalue weighted by Crippen LogP contribution is -2.51. The van der Waals surface area contributed by atoms with Crippen molar-refractivity contribution < 1.29 is 22.3 Å². The van der Waals surface area contributed by atoms with Crippen LogP contribution in [-0.4, -0.2) is 72.0 Å². The van der Waals surface area contributed by atoms with Gasteiger partial charge in [0.05, 0.1) is 12.7 Å². The number of hydrogen-bond acceptors (Lipinski definition) is 4. The lowest BCUT2D eigenvalue weighted by molar-refractivity contribution is -0.0522. The quantitative estimate of drug-likeness (QED) is 0.268. The molecule has 40 heavy (non-hydrogen) atoms. The van der Waals surface area contributed by atoms with Gasteiger partial charge >= 0.3 is 6.61 Å². The molecule has 2 aromatic carbocycles. The van der Waals surface area contributed by atoms with Gasteiger partial charge in [-0.25, -0.2) is 4.39 Å². The first-order valence-electron chi connectivity index (χ1n) is 14.5. The molecule has 2 fully saturated rings. The number of rotatable bonds is 10. The van der Waals surface area contributed by atoms with Gasteiger partial charge in [0.25, 0.3) is 0 Å². The van der Waals surface area contributed by atoms with E-state index in [1.165, 1.54) is 0 Å². The van der Waals surface area contributed by atoms with E-state index in [2.05, 4.69) is 33.1 Å². The molecule has 0 spiro atoms. The minimum absolute atomic E-state index is 0.0101. The lowest BCUT2D eigenvalue weighted by atomic mass is 9.79. The van der Waals surface area contributed by atoms with Crippen LogP contribution in [0, 0.1) is 0 Å². The molecule has 1 saturated carbocycles. The number of likely N-dealkylation sites (tertiary alicyclic amines) is 1. The number of fused-ring (bicyclic) bond motifs is 3. The highest BCUT2D eigenvalue weighted by molar-refractivity contribution is 5.85. The number of nitrogens with one attached hydrogen (secondary N) is 2. The van der Waals surface area contributed by atoms with Crippen LogP contribution in [0.1, 0.15) is 61.9 Å². The molecule has 3 heterocycles. The van der Waals surface area contributed by atoms with Crippen molar-refractivity contribution in [1.82, 2.24) is 14.8 Å². The predicted molar refractivity (Wildman–Crippen MR) is 150 cm³/mol. The third-order valence-corrected chi connectivity index (χ3v) is 9.01. The van der Waals surface area contributed by atoms with Crippen LogP contribution in [0.2, 0.25) is 0 Å². The molecule has 1 saturated heterocycles.